The summed E-state index contributed by atoms with van der Waals surface area (Å²) < 4.78 is 0. The maximum Gasteiger partial charge on any atom is 0.129 e. The van der Waals surface area contributed by atoms with Crippen LogP contribution in [0.1, 0.15) is 31.3 Å². The van der Waals surface area contributed by atoms with Crippen molar-refractivity contribution in [3.8, 4) is 0 Å². The fourth-order valence-corrected chi connectivity index (χ4v) is 2.17. The molecule has 0 spiro atoms. The lowest BCUT2D eigenvalue weighted by Gasteiger charge is -2.20. The highest BCUT2D eigenvalue weighted by Gasteiger charge is 2.27. The highest BCUT2D eigenvalue weighted by molar-refractivity contribution is 5.35. The normalized spacial score (nSPS) is 15.3. The molecule has 0 unspecified atom stereocenters. The first-order valence-electron chi connectivity index (χ1n) is 6.49. The molecular formula is C13H22N4. The van der Waals surface area contributed by atoms with Gasteiger partial charge in [0.2, 0.25) is 0 Å². The molecule has 1 N–H and O–H groups in total. The minimum Gasteiger partial charge on any atom is -0.369 e. The molecule has 1 fully saturated rings. The van der Waals surface area contributed by atoms with Crippen LogP contribution in [0.3, 0.4) is 0 Å². The zero-order valence-corrected chi connectivity index (χ0v) is 11.0. The molecule has 2 rings (SSSR count). The first kappa shape index (κ1) is 12.3. The Morgan fingerprint density at radius 2 is 2.12 bits per heavy atom. The van der Waals surface area contributed by atoms with Crippen LogP contribution in [0.2, 0.25) is 0 Å². The van der Waals surface area contributed by atoms with E-state index in [2.05, 4.69) is 27.1 Å². The third-order valence-electron chi connectivity index (χ3n) is 3.14. The Kier molecular flexibility index (Phi) is 3.94. The minimum atomic E-state index is 0.835. The molecule has 0 atom stereocenters. The summed E-state index contributed by atoms with van der Waals surface area (Å²) >= 11 is 0. The summed E-state index contributed by atoms with van der Waals surface area (Å²) in [5, 5.41) is 3.38. The van der Waals surface area contributed by atoms with Crippen LogP contribution in [0.25, 0.3) is 0 Å². The van der Waals surface area contributed by atoms with Gasteiger partial charge >= 0.3 is 0 Å². The van der Waals surface area contributed by atoms with Crippen LogP contribution in [0, 0.1) is 13.8 Å². The second kappa shape index (κ2) is 5.45. The summed E-state index contributed by atoms with van der Waals surface area (Å²) in [6, 6.07) is 2.84. The zero-order valence-electron chi connectivity index (χ0n) is 11.0. The smallest absolute Gasteiger partial charge is 0.129 e. The molecule has 4 nitrogen and oxygen atoms in total. The van der Waals surface area contributed by atoms with E-state index in [9.17, 15) is 0 Å². The Labute approximate surface area is 103 Å². The Hall–Kier alpha value is -1.16. The lowest BCUT2D eigenvalue weighted by Crippen LogP contribution is -2.31. The predicted molar refractivity (Wildman–Crippen MR) is 70.3 cm³/mol. The molecule has 1 heterocycles. The van der Waals surface area contributed by atoms with Crippen molar-refractivity contribution < 1.29 is 0 Å². The monoisotopic (exact) mass is 234 g/mol. The van der Waals surface area contributed by atoms with Crippen LogP contribution in [0.5, 0.6) is 0 Å². The van der Waals surface area contributed by atoms with Crippen LogP contribution in [-0.4, -0.2) is 40.5 Å². The van der Waals surface area contributed by atoms with Gasteiger partial charge in [-0.05, 0) is 33.2 Å². The van der Waals surface area contributed by atoms with Gasteiger partial charge in [-0.2, -0.15) is 0 Å². The second-order valence-corrected chi connectivity index (χ2v) is 4.73. The summed E-state index contributed by atoms with van der Waals surface area (Å²) in [5.74, 6) is 1.78. The van der Waals surface area contributed by atoms with Gasteiger partial charge in [0.25, 0.3) is 0 Å². The fraction of sp³-hybridized carbons (Fsp3) is 0.692. The number of hydrogen-bond acceptors (Lipinski definition) is 4. The predicted octanol–water partition coefficient (Wildman–Crippen LogP) is 1.99. The van der Waals surface area contributed by atoms with E-state index in [1.54, 1.807) is 0 Å². The summed E-state index contributed by atoms with van der Waals surface area (Å²) in [6.45, 7) is 9.37. The van der Waals surface area contributed by atoms with Gasteiger partial charge in [0.1, 0.15) is 11.6 Å². The molecule has 0 aliphatic heterocycles. The molecule has 17 heavy (non-hydrogen) atoms. The van der Waals surface area contributed by atoms with Gasteiger partial charge in [-0.3, -0.25) is 4.90 Å². The highest BCUT2D eigenvalue weighted by Crippen LogP contribution is 2.25. The van der Waals surface area contributed by atoms with E-state index < -0.39 is 0 Å². The van der Waals surface area contributed by atoms with Gasteiger partial charge in [0, 0.05) is 30.9 Å². The average Bonchev–Trinajstić information content (AvgIpc) is 3.07. The molecule has 0 aromatic carbocycles. The van der Waals surface area contributed by atoms with E-state index in [0.717, 1.165) is 43.0 Å². The number of likely N-dealkylation sites (N-methyl/N-ethyl adjacent to an activating group) is 1. The molecule has 1 aliphatic rings. The second-order valence-electron chi connectivity index (χ2n) is 4.73. The number of hydrogen-bond donors (Lipinski definition) is 1. The molecule has 1 aliphatic carbocycles. The van der Waals surface area contributed by atoms with E-state index in [1.165, 1.54) is 12.8 Å². The lowest BCUT2D eigenvalue weighted by atomic mass is 10.4. The quantitative estimate of drug-likeness (QED) is 0.817. The number of aryl methyl sites for hydroxylation is 2. The van der Waals surface area contributed by atoms with Crippen molar-refractivity contribution in [1.82, 2.24) is 14.9 Å². The molecule has 1 saturated carbocycles. The largest absolute Gasteiger partial charge is 0.369 e. The summed E-state index contributed by atoms with van der Waals surface area (Å²) in [7, 11) is 0. The van der Waals surface area contributed by atoms with Crippen molar-refractivity contribution in [2.24, 2.45) is 0 Å². The van der Waals surface area contributed by atoms with Crippen LogP contribution in [-0.2, 0) is 0 Å². The lowest BCUT2D eigenvalue weighted by molar-refractivity contribution is 0.289. The van der Waals surface area contributed by atoms with Crippen LogP contribution in [0.4, 0.5) is 5.82 Å². The molecule has 0 amide bonds. The maximum atomic E-state index is 4.38. The molecule has 94 valence electrons. The Morgan fingerprint density at radius 3 is 2.71 bits per heavy atom. The summed E-state index contributed by atoms with van der Waals surface area (Å²) in [4.78, 5) is 11.2. The van der Waals surface area contributed by atoms with E-state index in [1.807, 2.05) is 19.9 Å². The number of nitrogens with one attached hydrogen (secondary N) is 1. The van der Waals surface area contributed by atoms with Crippen molar-refractivity contribution in [3.63, 3.8) is 0 Å². The number of anilines is 1. The molecule has 0 saturated heterocycles. The van der Waals surface area contributed by atoms with E-state index in [0.29, 0.717) is 0 Å². The molecular weight excluding hydrogens is 212 g/mol. The van der Waals surface area contributed by atoms with Crippen LogP contribution >= 0.6 is 0 Å². The molecule has 0 radical (unpaired) electrons. The van der Waals surface area contributed by atoms with E-state index >= 15 is 0 Å². The average molecular weight is 234 g/mol. The van der Waals surface area contributed by atoms with Crippen LogP contribution < -0.4 is 5.32 Å². The number of nitrogens with zero attached hydrogens (tertiary/aromatic N) is 3. The Morgan fingerprint density at radius 1 is 1.35 bits per heavy atom. The Balaban J connectivity index is 1.80. The van der Waals surface area contributed by atoms with Gasteiger partial charge < -0.3 is 5.32 Å². The van der Waals surface area contributed by atoms with Crippen molar-refractivity contribution in [2.45, 2.75) is 39.7 Å². The van der Waals surface area contributed by atoms with Crippen molar-refractivity contribution in [2.75, 3.05) is 25.0 Å². The summed E-state index contributed by atoms with van der Waals surface area (Å²) in [6.07, 6.45) is 2.75. The van der Waals surface area contributed by atoms with Crippen molar-refractivity contribution in [3.05, 3.63) is 17.6 Å². The molecule has 0 bridgehead atoms. The van der Waals surface area contributed by atoms with Crippen molar-refractivity contribution in [1.29, 1.82) is 0 Å². The zero-order chi connectivity index (χ0) is 12.3. The molecule has 1 aromatic heterocycles. The first-order valence-corrected chi connectivity index (χ1v) is 6.49. The van der Waals surface area contributed by atoms with E-state index in [4.69, 9.17) is 0 Å². The highest BCUT2D eigenvalue weighted by atomic mass is 15.2. The standard InChI is InChI=1S/C13H22N4/c1-4-17(12-5-6-12)8-7-14-13-9-10(2)15-11(3)16-13/h9,12H,4-8H2,1-3H3,(H,14,15,16). The van der Waals surface area contributed by atoms with Gasteiger partial charge in [0.05, 0.1) is 0 Å². The van der Waals surface area contributed by atoms with Crippen LogP contribution in [0.15, 0.2) is 6.07 Å². The summed E-state index contributed by atoms with van der Waals surface area (Å²) in [5.41, 5.74) is 1.02. The van der Waals surface area contributed by atoms with E-state index in [-0.39, 0.29) is 0 Å². The van der Waals surface area contributed by atoms with Gasteiger partial charge in [-0.25, -0.2) is 9.97 Å². The molecule has 4 heteroatoms. The van der Waals surface area contributed by atoms with Crippen molar-refractivity contribution >= 4 is 5.82 Å². The number of rotatable bonds is 6. The Bertz CT molecular complexity index is 353. The number of aromatic nitrogens is 2. The van der Waals surface area contributed by atoms with Gasteiger partial charge in [-0.15, -0.1) is 0 Å². The topological polar surface area (TPSA) is 41.0 Å². The third-order valence-corrected chi connectivity index (χ3v) is 3.14. The molecule has 1 aromatic rings. The first-order chi connectivity index (χ1) is 8.19. The fourth-order valence-electron chi connectivity index (χ4n) is 2.17. The SMILES string of the molecule is CCN(CCNc1cc(C)nc(C)n1)C1CC1. The van der Waals surface area contributed by atoms with Gasteiger partial charge in [0.15, 0.2) is 0 Å². The van der Waals surface area contributed by atoms with Gasteiger partial charge in [-0.1, -0.05) is 6.92 Å². The maximum absolute atomic E-state index is 4.38. The minimum absolute atomic E-state index is 0.835. The third kappa shape index (κ3) is 3.66.